The number of nitrogens with one attached hydrogen (secondary N) is 1. The standard InChI is InChI=1S/C25H29ClN2/c1-5-18-7-6-8-19(10-9-18)22-16-28-23(15-24(2,3)4)25(22,17-27)20-11-13-21(26)14-12-20/h6-9,11-14,22-23,28H,5,15-16H2,1-4H3/t22?,23?,25-/m1/s1. The first-order valence-corrected chi connectivity index (χ1v) is 10.4. The summed E-state index contributed by atoms with van der Waals surface area (Å²) >= 11 is 6.15. The van der Waals surface area contributed by atoms with Gasteiger partial charge >= 0.3 is 0 Å². The van der Waals surface area contributed by atoms with Crippen LogP contribution in [0.5, 0.6) is 0 Å². The van der Waals surface area contributed by atoms with Crippen molar-refractivity contribution in [3.8, 4) is 6.07 Å². The van der Waals surface area contributed by atoms with Crippen molar-refractivity contribution in [1.82, 2.24) is 5.32 Å². The van der Waals surface area contributed by atoms with Crippen LogP contribution in [-0.4, -0.2) is 12.6 Å². The Kier molecular flexibility index (Phi) is 6.01. The Morgan fingerprint density at radius 1 is 1.29 bits per heavy atom. The van der Waals surface area contributed by atoms with Gasteiger partial charge in [-0.15, -0.1) is 5.73 Å². The second-order valence-corrected chi connectivity index (χ2v) is 9.40. The molecule has 1 heterocycles. The van der Waals surface area contributed by atoms with E-state index in [-0.39, 0.29) is 17.4 Å². The number of nitrogens with zero attached hydrogens (tertiary/aromatic N) is 1. The van der Waals surface area contributed by atoms with Crippen molar-refractivity contribution in [2.24, 2.45) is 11.3 Å². The molecule has 1 aromatic carbocycles. The minimum atomic E-state index is -0.658. The number of allylic oxidation sites excluding steroid dienone is 4. The summed E-state index contributed by atoms with van der Waals surface area (Å²) in [7, 11) is 0. The zero-order chi connectivity index (χ0) is 20.4. The largest absolute Gasteiger partial charge is 0.311 e. The maximum atomic E-state index is 10.6. The molecule has 0 spiro atoms. The van der Waals surface area contributed by atoms with Gasteiger partial charge in [-0.25, -0.2) is 0 Å². The quantitative estimate of drug-likeness (QED) is 0.627. The molecule has 2 unspecified atom stereocenters. The highest BCUT2D eigenvalue weighted by molar-refractivity contribution is 6.30. The van der Waals surface area contributed by atoms with Crippen LogP contribution < -0.4 is 5.32 Å². The second-order valence-electron chi connectivity index (χ2n) is 8.96. The van der Waals surface area contributed by atoms with Crippen molar-refractivity contribution in [3.05, 3.63) is 76.0 Å². The smallest absolute Gasteiger partial charge is 0.106 e. The molecule has 1 fully saturated rings. The molecule has 0 saturated carbocycles. The van der Waals surface area contributed by atoms with E-state index in [4.69, 9.17) is 11.6 Å². The van der Waals surface area contributed by atoms with Crippen LogP contribution in [0.4, 0.5) is 0 Å². The molecule has 0 aromatic heterocycles. The Labute approximate surface area is 174 Å². The number of nitriles is 1. The Hall–Kier alpha value is -2.04. The zero-order valence-electron chi connectivity index (χ0n) is 17.2. The summed E-state index contributed by atoms with van der Waals surface area (Å²) in [5, 5.41) is 14.9. The molecule has 146 valence electrons. The number of halogens is 1. The lowest BCUT2D eigenvalue weighted by Gasteiger charge is -2.37. The van der Waals surface area contributed by atoms with Crippen LogP contribution in [0.25, 0.3) is 0 Å². The van der Waals surface area contributed by atoms with Gasteiger partial charge in [0.25, 0.3) is 0 Å². The number of hydrogen-bond acceptors (Lipinski definition) is 2. The molecule has 1 saturated heterocycles. The molecule has 1 N–H and O–H groups in total. The minimum absolute atomic E-state index is 0.0307. The molecule has 0 bridgehead atoms. The van der Waals surface area contributed by atoms with Crippen LogP contribution in [0.1, 0.15) is 46.1 Å². The molecule has 1 aromatic rings. The van der Waals surface area contributed by atoms with Gasteiger partial charge in [-0.3, -0.25) is 0 Å². The van der Waals surface area contributed by atoms with E-state index in [2.05, 4.69) is 69.1 Å². The van der Waals surface area contributed by atoms with Gasteiger partial charge in [-0.05, 0) is 47.6 Å². The summed E-state index contributed by atoms with van der Waals surface area (Å²) in [5.74, 6) is 0.0307. The predicted molar refractivity (Wildman–Crippen MR) is 117 cm³/mol. The first kappa shape index (κ1) is 20.7. The fourth-order valence-electron chi connectivity index (χ4n) is 4.36. The van der Waals surface area contributed by atoms with E-state index in [9.17, 15) is 5.26 Å². The van der Waals surface area contributed by atoms with Crippen molar-refractivity contribution in [2.75, 3.05) is 6.54 Å². The van der Waals surface area contributed by atoms with E-state index in [1.54, 1.807) is 0 Å². The minimum Gasteiger partial charge on any atom is -0.311 e. The van der Waals surface area contributed by atoms with Gasteiger partial charge in [0.15, 0.2) is 0 Å². The Bertz CT molecular complexity index is 886. The molecule has 2 aliphatic rings. The number of rotatable bonds is 4. The molecule has 0 amide bonds. The number of benzene rings is 1. The van der Waals surface area contributed by atoms with Gasteiger partial charge in [0.1, 0.15) is 5.41 Å². The highest BCUT2D eigenvalue weighted by Crippen LogP contribution is 2.47. The monoisotopic (exact) mass is 392 g/mol. The average molecular weight is 393 g/mol. The highest BCUT2D eigenvalue weighted by Gasteiger charge is 2.53. The van der Waals surface area contributed by atoms with Crippen LogP contribution in [0.3, 0.4) is 0 Å². The van der Waals surface area contributed by atoms with Crippen molar-refractivity contribution in [3.63, 3.8) is 0 Å². The van der Waals surface area contributed by atoms with Gasteiger partial charge in [-0.1, -0.05) is 69.7 Å². The summed E-state index contributed by atoms with van der Waals surface area (Å²) in [6, 6.07) is 10.6. The molecule has 1 aliphatic heterocycles. The Morgan fingerprint density at radius 3 is 2.61 bits per heavy atom. The van der Waals surface area contributed by atoms with Crippen LogP contribution >= 0.6 is 11.6 Å². The fourth-order valence-corrected chi connectivity index (χ4v) is 4.48. The van der Waals surface area contributed by atoms with E-state index < -0.39 is 5.41 Å². The van der Waals surface area contributed by atoms with Gasteiger partial charge in [0.2, 0.25) is 0 Å². The lowest BCUT2D eigenvalue weighted by molar-refractivity contribution is 0.277. The van der Waals surface area contributed by atoms with Gasteiger partial charge in [-0.2, -0.15) is 5.26 Å². The average Bonchev–Trinajstić information content (AvgIpc) is 2.84. The van der Waals surface area contributed by atoms with Crippen molar-refractivity contribution >= 4 is 11.6 Å². The zero-order valence-corrected chi connectivity index (χ0v) is 18.0. The van der Waals surface area contributed by atoms with Crippen LogP contribution in [-0.2, 0) is 5.41 Å². The third kappa shape index (κ3) is 4.03. The van der Waals surface area contributed by atoms with Crippen LogP contribution in [0.15, 0.2) is 65.4 Å². The van der Waals surface area contributed by atoms with E-state index in [1.807, 2.05) is 24.3 Å². The molecule has 3 rings (SSSR count). The lowest BCUT2D eigenvalue weighted by Crippen LogP contribution is -2.44. The maximum absolute atomic E-state index is 10.6. The van der Waals surface area contributed by atoms with Gasteiger partial charge < -0.3 is 5.32 Å². The molecule has 3 heteroatoms. The molecule has 2 nitrogen and oxygen atoms in total. The van der Waals surface area contributed by atoms with E-state index in [0.29, 0.717) is 5.02 Å². The highest BCUT2D eigenvalue weighted by atomic mass is 35.5. The Morgan fingerprint density at radius 2 is 2.00 bits per heavy atom. The van der Waals surface area contributed by atoms with E-state index in [1.165, 1.54) is 5.57 Å². The third-order valence-corrected chi connectivity index (χ3v) is 6.04. The molecular formula is C25H29ClN2. The van der Waals surface area contributed by atoms with Gasteiger partial charge in [0.05, 0.1) is 6.07 Å². The molecule has 0 radical (unpaired) electrons. The third-order valence-electron chi connectivity index (χ3n) is 5.79. The molecule has 3 atom stereocenters. The van der Waals surface area contributed by atoms with E-state index in [0.717, 1.165) is 30.5 Å². The number of hydrogen-bond donors (Lipinski definition) is 1. The fraction of sp³-hybridized carbons (Fsp3) is 0.440. The SMILES string of the molecule is CCC1=CC=CC(C2CNC(CC(C)(C)C)[C@]2(C#N)c2ccc(Cl)cc2)=C=C1. The normalized spacial score (nSPS) is 27.1. The van der Waals surface area contributed by atoms with Crippen molar-refractivity contribution in [1.29, 1.82) is 5.26 Å². The van der Waals surface area contributed by atoms with Crippen molar-refractivity contribution in [2.45, 2.75) is 52.0 Å². The summed E-state index contributed by atoms with van der Waals surface area (Å²) in [5.41, 5.74) is 6.31. The van der Waals surface area contributed by atoms with Crippen molar-refractivity contribution < 1.29 is 0 Å². The summed E-state index contributed by atoms with van der Waals surface area (Å²) in [6.07, 6.45) is 10.3. The molecule has 1 aliphatic carbocycles. The Balaban J connectivity index is 2.13. The second kappa shape index (κ2) is 8.14. The summed E-state index contributed by atoms with van der Waals surface area (Å²) < 4.78 is 0. The predicted octanol–water partition coefficient (Wildman–Crippen LogP) is 6.11. The summed E-state index contributed by atoms with van der Waals surface area (Å²) in [6.45, 7) is 9.60. The van der Waals surface area contributed by atoms with Crippen LogP contribution in [0.2, 0.25) is 5.02 Å². The lowest BCUT2D eigenvalue weighted by atomic mass is 9.64. The topological polar surface area (TPSA) is 35.8 Å². The van der Waals surface area contributed by atoms with Crippen LogP contribution in [0, 0.1) is 22.7 Å². The van der Waals surface area contributed by atoms with Gasteiger partial charge in [0, 0.05) is 29.1 Å². The maximum Gasteiger partial charge on any atom is 0.106 e. The molecule has 28 heavy (non-hydrogen) atoms. The first-order valence-electron chi connectivity index (χ1n) is 10.0. The van der Waals surface area contributed by atoms with E-state index >= 15 is 0 Å². The molecular weight excluding hydrogens is 364 g/mol. The first-order chi connectivity index (χ1) is 13.3. The summed E-state index contributed by atoms with van der Waals surface area (Å²) in [4.78, 5) is 0.